The number of hydrogen-bond acceptors (Lipinski definition) is 1. The van der Waals surface area contributed by atoms with Crippen LogP contribution in [-0.4, -0.2) is 25.6 Å². The summed E-state index contributed by atoms with van der Waals surface area (Å²) in [5, 5.41) is 6.45. The van der Waals surface area contributed by atoms with Gasteiger partial charge in [-0.05, 0) is 43.5 Å². The first-order valence-electron chi connectivity index (χ1n) is 6.48. The van der Waals surface area contributed by atoms with Gasteiger partial charge in [0, 0.05) is 24.1 Å². The van der Waals surface area contributed by atoms with Crippen LogP contribution in [0.4, 0.5) is 4.39 Å². The van der Waals surface area contributed by atoms with Crippen molar-refractivity contribution in [2.24, 2.45) is 4.99 Å². The Kier molecular flexibility index (Phi) is 6.84. The van der Waals surface area contributed by atoms with E-state index < -0.39 is 0 Å². The van der Waals surface area contributed by atoms with E-state index in [4.69, 9.17) is 0 Å². The molecule has 19 heavy (non-hydrogen) atoms. The third-order valence-electron chi connectivity index (χ3n) is 2.91. The Morgan fingerprint density at radius 3 is 2.84 bits per heavy atom. The molecule has 1 atom stereocenters. The Morgan fingerprint density at radius 1 is 1.47 bits per heavy atom. The Labute approximate surface area is 122 Å². The van der Waals surface area contributed by atoms with Gasteiger partial charge in [-0.15, -0.1) is 0 Å². The van der Waals surface area contributed by atoms with Crippen molar-refractivity contribution < 1.29 is 4.39 Å². The second kappa shape index (κ2) is 8.15. The maximum Gasteiger partial charge on any atom is 0.191 e. The highest BCUT2D eigenvalue weighted by atomic mass is 79.9. The lowest BCUT2D eigenvalue weighted by molar-refractivity contribution is 0.602. The minimum Gasteiger partial charge on any atom is -0.356 e. The smallest absolute Gasteiger partial charge is 0.191 e. The fourth-order valence-electron chi connectivity index (χ4n) is 1.58. The van der Waals surface area contributed by atoms with Crippen molar-refractivity contribution in [1.29, 1.82) is 0 Å². The van der Waals surface area contributed by atoms with Gasteiger partial charge in [0.15, 0.2) is 5.96 Å². The van der Waals surface area contributed by atoms with Crippen molar-refractivity contribution in [2.75, 3.05) is 13.6 Å². The summed E-state index contributed by atoms with van der Waals surface area (Å²) >= 11 is 3.35. The van der Waals surface area contributed by atoms with E-state index in [1.165, 1.54) is 6.07 Å². The second-order valence-electron chi connectivity index (χ2n) is 4.44. The van der Waals surface area contributed by atoms with Crippen LogP contribution >= 0.6 is 15.9 Å². The van der Waals surface area contributed by atoms with Crippen molar-refractivity contribution in [3.05, 3.63) is 34.1 Å². The van der Waals surface area contributed by atoms with Crippen LogP contribution in [0.3, 0.4) is 0 Å². The first kappa shape index (κ1) is 16.0. The number of nitrogens with one attached hydrogen (secondary N) is 2. The third kappa shape index (κ3) is 5.59. The molecule has 0 aliphatic rings. The maximum atomic E-state index is 13.5. The van der Waals surface area contributed by atoms with Gasteiger partial charge < -0.3 is 10.6 Å². The molecule has 0 aliphatic heterocycles. The summed E-state index contributed by atoms with van der Waals surface area (Å²) in [6, 6.07) is 5.36. The molecule has 0 fully saturated rings. The average Bonchev–Trinajstić information content (AvgIpc) is 2.41. The second-order valence-corrected chi connectivity index (χ2v) is 5.35. The molecule has 3 nitrogen and oxygen atoms in total. The van der Waals surface area contributed by atoms with E-state index in [2.05, 4.69) is 45.4 Å². The molecule has 0 aliphatic carbocycles. The summed E-state index contributed by atoms with van der Waals surface area (Å²) in [5.74, 6) is 0.583. The number of hydrogen-bond donors (Lipinski definition) is 2. The standard InChI is InChI=1S/C14H21BrFN3/c1-4-10(2)19-14(17-3)18-8-7-11-9-12(15)5-6-13(11)16/h5-6,9-10H,4,7-8H2,1-3H3,(H2,17,18,19). The number of aliphatic imine (C=N–C) groups is 1. The molecule has 2 N–H and O–H groups in total. The Balaban J connectivity index is 2.46. The van der Waals surface area contributed by atoms with E-state index in [1.54, 1.807) is 13.1 Å². The molecule has 0 bridgehead atoms. The van der Waals surface area contributed by atoms with Crippen LogP contribution in [0.15, 0.2) is 27.7 Å². The zero-order chi connectivity index (χ0) is 14.3. The first-order chi connectivity index (χ1) is 9.06. The Bertz CT molecular complexity index is 435. The van der Waals surface area contributed by atoms with E-state index in [-0.39, 0.29) is 5.82 Å². The molecule has 1 aromatic carbocycles. The topological polar surface area (TPSA) is 36.4 Å². The van der Waals surface area contributed by atoms with Gasteiger partial charge >= 0.3 is 0 Å². The van der Waals surface area contributed by atoms with Crippen LogP contribution in [0, 0.1) is 5.82 Å². The van der Waals surface area contributed by atoms with Crippen LogP contribution in [0.2, 0.25) is 0 Å². The average molecular weight is 330 g/mol. The highest BCUT2D eigenvalue weighted by molar-refractivity contribution is 9.10. The Morgan fingerprint density at radius 2 is 2.21 bits per heavy atom. The first-order valence-corrected chi connectivity index (χ1v) is 7.27. The van der Waals surface area contributed by atoms with Crippen molar-refractivity contribution >= 4 is 21.9 Å². The fraction of sp³-hybridized carbons (Fsp3) is 0.500. The largest absolute Gasteiger partial charge is 0.356 e. The summed E-state index contributed by atoms with van der Waals surface area (Å²) in [7, 11) is 1.73. The van der Waals surface area contributed by atoms with E-state index in [0.29, 0.717) is 24.6 Å². The molecule has 106 valence electrons. The van der Waals surface area contributed by atoms with Gasteiger partial charge in [0.05, 0.1) is 0 Å². The number of benzene rings is 1. The summed E-state index contributed by atoms with van der Waals surface area (Å²) in [6.45, 7) is 4.85. The van der Waals surface area contributed by atoms with Gasteiger partial charge in [0.25, 0.3) is 0 Å². The monoisotopic (exact) mass is 329 g/mol. The Hall–Kier alpha value is -1.10. The van der Waals surface area contributed by atoms with Crippen LogP contribution in [0.1, 0.15) is 25.8 Å². The van der Waals surface area contributed by atoms with Gasteiger partial charge in [-0.2, -0.15) is 0 Å². The predicted molar refractivity (Wildman–Crippen MR) is 82.1 cm³/mol. The molecule has 1 aromatic rings. The quantitative estimate of drug-likeness (QED) is 0.643. The molecular formula is C14H21BrFN3. The van der Waals surface area contributed by atoms with Gasteiger partial charge in [0.2, 0.25) is 0 Å². The maximum absolute atomic E-state index is 13.5. The van der Waals surface area contributed by atoms with E-state index in [0.717, 1.165) is 16.9 Å². The number of guanidine groups is 1. The number of nitrogens with zero attached hydrogens (tertiary/aromatic N) is 1. The normalized spacial score (nSPS) is 13.2. The summed E-state index contributed by atoms with van der Waals surface area (Å²) in [6.07, 6.45) is 1.65. The highest BCUT2D eigenvalue weighted by Gasteiger charge is 2.05. The van der Waals surface area contributed by atoms with E-state index in [1.807, 2.05) is 6.07 Å². The molecule has 5 heteroatoms. The summed E-state index contributed by atoms with van der Waals surface area (Å²) in [5.41, 5.74) is 0.695. The van der Waals surface area contributed by atoms with Gasteiger partial charge in [-0.1, -0.05) is 22.9 Å². The molecule has 1 unspecified atom stereocenters. The summed E-state index contributed by atoms with van der Waals surface area (Å²) < 4.78 is 14.4. The van der Waals surface area contributed by atoms with Crippen LogP contribution in [0.25, 0.3) is 0 Å². The minimum absolute atomic E-state index is 0.171. The predicted octanol–water partition coefficient (Wildman–Crippen LogP) is 3.09. The molecule has 0 spiro atoms. The van der Waals surface area contributed by atoms with E-state index >= 15 is 0 Å². The zero-order valence-electron chi connectivity index (χ0n) is 11.6. The van der Waals surface area contributed by atoms with Crippen molar-refractivity contribution in [3.63, 3.8) is 0 Å². The molecule has 0 amide bonds. The molecular weight excluding hydrogens is 309 g/mol. The fourth-order valence-corrected chi connectivity index (χ4v) is 1.99. The number of rotatable bonds is 5. The molecule has 0 saturated heterocycles. The molecule has 1 rings (SSSR count). The van der Waals surface area contributed by atoms with Gasteiger partial charge in [0.1, 0.15) is 5.82 Å². The number of halogens is 2. The van der Waals surface area contributed by atoms with Crippen molar-refractivity contribution in [2.45, 2.75) is 32.7 Å². The highest BCUT2D eigenvalue weighted by Crippen LogP contribution is 2.15. The van der Waals surface area contributed by atoms with E-state index in [9.17, 15) is 4.39 Å². The summed E-state index contributed by atoms with van der Waals surface area (Å²) in [4.78, 5) is 4.14. The minimum atomic E-state index is -0.171. The molecule has 0 radical (unpaired) electrons. The van der Waals surface area contributed by atoms with Crippen LogP contribution < -0.4 is 10.6 Å². The zero-order valence-corrected chi connectivity index (χ0v) is 13.2. The van der Waals surface area contributed by atoms with Crippen LogP contribution in [-0.2, 0) is 6.42 Å². The van der Waals surface area contributed by atoms with Gasteiger partial charge in [-0.25, -0.2) is 4.39 Å². The van der Waals surface area contributed by atoms with Crippen LogP contribution in [0.5, 0.6) is 0 Å². The SMILES string of the molecule is CCC(C)NC(=NC)NCCc1cc(Br)ccc1F. The lowest BCUT2D eigenvalue weighted by Gasteiger charge is -2.16. The molecule has 0 aromatic heterocycles. The van der Waals surface area contributed by atoms with Crippen molar-refractivity contribution in [1.82, 2.24) is 10.6 Å². The molecule has 0 saturated carbocycles. The molecule has 0 heterocycles. The lowest BCUT2D eigenvalue weighted by atomic mass is 10.1. The van der Waals surface area contributed by atoms with Gasteiger partial charge in [-0.3, -0.25) is 4.99 Å². The third-order valence-corrected chi connectivity index (χ3v) is 3.41. The lowest BCUT2D eigenvalue weighted by Crippen LogP contribution is -2.42. The van der Waals surface area contributed by atoms with Crippen molar-refractivity contribution in [3.8, 4) is 0 Å².